The first kappa shape index (κ1) is 10.3. The number of fused-ring (bicyclic) bond motifs is 1. The van der Waals surface area contributed by atoms with E-state index >= 15 is 0 Å². The van der Waals surface area contributed by atoms with E-state index < -0.39 is 5.79 Å². The minimum atomic E-state index is -0.759. The number of ether oxygens (including phenoxy) is 2. The van der Waals surface area contributed by atoms with E-state index in [1.807, 2.05) is 0 Å². The number of carbonyl (C=O) groups excluding carboxylic acids is 2. The van der Waals surface area contributed by atoms with Crippen molar-refractivity contribution in [1.29, 1.82) is 0 Å². The predicted molar refractivity (Wildman–Crippen MR) is 54.5 cm³/mol. The van der Waals surface area contributed by atoms with Crippen LogP contribution in [0.2, 0.25) is 0 Å². The van der Waals surface area contributed by atoms with Crippen LogP contribution in [0, 0.1) is 5.92 Å². The molecule has 88 valence electrons. The Hall–Kier alpha value is -0.900. The van der Waals surface area contributed by atoms with Crippen LogP contribution in [0.25, 0.3) is 0 Å². The molecule has 0 amide bonds. The molecule has 3 unspecified atom stereocenters. The summed E-state index contributed by atoms with van der Waals surface area (Å²) in [5.74, 6) is -0.406. The van der Waals surface area contributed by atoms with Crippen molar-refractivity contribution in [2.45, 2.75) is 56.8 Å². The Morgan fingerprint density at radius 2 is 2.00 bits per heavy atom. The number of hydrogen-bond donors (Lipinski definition) is 0. The normalized spacial score (nSPS) is 43.2. The third-order valence-electron chi connectivity index (χ3n) is 3.99. The molecule has 0 aromatic carbocycles. The maximum Gasteiger partial charge on any atom is 0.308 e. The van der Waals surface area contributed by atoms with Crippen LogP contribution >= 0.6 is 0 Å². The average molecular weight is 224 g/mol. The van der Waals surface area contributed by atoms with Gasteiger partial charge in [-0.05, 0) is 25.2 Å². The summed E-state index contributed by atoms with van der Waals surface area (Å²) in [6, 6.07) is 0. The minimum absolute atomic E-state index is 0.193. The first-order valence-electron chi connectivity index (χ1n) is 6.11. The van der Waals surface area contributed by atoms with Gasteiger partial charge in [-0.3, -0.25) is 9.59 Å². The zero-order valence-corrected chi connectivity index (χ0v) is 9.24. The van der Waals surface area contributed by atoms with Crippen LogP contribution in [-0.2, 0) is 19.1 Å². The molecule has 2 saturated heterocycles. The molecule has 0 N–H and O–H groups in total. The fraction of sp³-hybridized carbons (Fsp3) is 0.833. The SMILES string of the molecule is O=C1CCC2(CCC3CCCC(=O)C3O2)O1. The lowest BCUT2D eigenvalue weighted by atomic mass is 9.79. The Morgan fingerprint density at radius 3 is 2.75 bits per heavy atom. The Bertz CT molecular complexity index is 338. The molecular formula is C12H16O4. The van der Waals surface area contributed by atoms with Crippen LogP contribution in [0.15, 0.2) is 0 Å². The molecule has 0 radical (unpaired) electrons. The number of carbonyl (C=O) groups is 2. The molecule has 1 aliphatic carbocycles. The van der Waals surface area contributed by atoms with Crippen molar-refractivity contribution in [2.24, 2.45) is 5.92 Å². The lowest BCUT2D eigenvalue weighted by Gasteiger charge is -2.42. The largest absolute Gasteiger partial charge is 0.433 e. The number of hydrogen-bond acceptors (Lipinski definition) is 4. The second-order valence-electron chi connectivity index (χ2n) is 5.08. The van der Waals surface area contributed by atoms with Gasteiger partial charge in [0.1, 0.15) is 6.10 Å². The first-order chi connectivity index (χ1) is 7.69. The molecule has 2 heterocycles. The highest BCUT2D eigenvalue weighted by Gasteiger charge is 2.50. The van der Waals surface area contributed by atoms with E-state index in [9.17, 15) is 9.59 Å². The molecule has 3 fully saturated rings. The van der Waals surface area contributed by atoms with Crippen molar-refractivity contribution in [3.63, 3.8) is 0 Å². The molecule has 2 aliphatic heterocycles. The monoisotopic (exact) mass is 224 g/mol. The van der Waals surface area contributed by atoms with Gasteiger partial charge in [-0.25, -0.2) is 0 Å². The summed E-state index contributed by atoms with van der Waals surface area (Å²) in [5, 5.41) is 0. The summed E-state index contributed by atoms with van der Waals surface area (Å²) in [5.41, 5.74) is 0. The van der Waals surface area contributed by atoms with Gasteiger partial charge in [-0.1, -0.05) is 0 Å². The van der Waals surface area contributed by atoms with Crippen LogP contribution in [-0.4, -0.2) is 23.6 Å². The quantitative estimate of drug-likeness (QED) is 0.586. The molecule has 0 aromatic rings. The molecule has 16 heavy (non-hydrogen) atoms. The number of ketones is 1. The van der Waals surface area contributed by atoms with Crippen LogP contribution in [0.5, 0.6) is 0 Å². The second-order valence-corrected chi connectivity index (χ2v) is 5.08. The average Bonchev–Trinajstić information content (AvgIpc) is 2.62. The molecule has 3 rings (SSSR count). The van der Waals surface area contributed by atoms with E-state index in [4.69, 9.17) is 9.47 Å². The summed E-state index contributed by atoms with van der Waals surface area (Å²) in [6.07, 6.45) is 5.10. The molecular weight excluding hydrogens is 208 g/mol. The zero-order valence-electron chi connectivity index (χ0n) is 9.24. The van der Waals surface area contributed by atoms with Crippen molar-refractivity contribution in [3.05, 3.63) is 0 Å². The highest BCUT2D eigenvalue weighted by molar-refractivity contribution is 5.84. The van der Waals surface area contributed by atoms with Gasteiger partial charge < -0.3 is 9.47 Å². The van der Waals surface area contributed by atoms with Crippen molar-refractivity contribution >= 4 is 11.8 Å². The molecule has 3 aliphatic rings. The smallest absolute Gasteiger partial charge is 0.308 e. The molecule has 0 aromatic heterocycles. The van der Waals surface area contributed by atoms with Gasteiger partial charge in [0.25, 0.3) is 0 Å². The van der Waals surface area contributed by atoms with Gasteiger partial charge in [0, 0.05) is 19.3 Å². The highest BCUT2D eigenvalue weighted by Crippen LogP contribution is 2.43. The van der Waals surface area contributed by atoms with Gasteiger partial charge in [-0.15, -0.1) is 0 Å². The summed E-state index contributed by atoms with van der Waals surface area (Å²) in [6.45, 7) is 0. The summed E-state index contributed by atoms with van der Waals surface area (Å²) < 4.78 is 11.1. The summed E-state index contributed by atoms with van der Waals surface area (Å²) in [4.78, 5) is 23.0. The third-order valence-corrected chi connectivity index (χ3v) is 3.99. The van der Waals surface area contributed by atoms with Gasteiger partial charge in [-0.2, -0.15) is 0 Å². The third kappa shape index (κ3) is 1.56. The maximum absolute atomic E-state index is 11.8. The van der Waals surface area contributed by atoms with Gasteiger partial charge >= 0.3 is 5.97 Å². The fourth-order valence-electron chi connectivity index (χ4n) is 3.11. The van der Waals surface area contributed by atoms with Crippen LogP contribution in [0.4, 0.5) is 0 Å². The van der Waals surface area contributed by atoms with Gasteiger partial charge in [0.05, 0.1) is 6.42 Å². The fourth-order valence-corrected chi connectivity index (χ4v) is 3.11. The van der Waals surface area contributed by atoms with Crippen molar-refractivity contribution in [2.75, 3.05) is 0 Å². The predicted octanol–water partition coefficient (Wildman–Crippen LogP) is 1.57. The summed E-state index contributed by atoms with van der Waals surface area (Å²) >= 11 is 0. The molecule has 4 heteroatoms. The second kappa shape index (κ2) is 3.55. The van der Waals surface area contributed by atoms with Crippen molar-refractivity contribution < 1.29 is 19.1 Å². The number of rotatable bonds is 0. The van der Waals surface area contributed by atoms with E-state index in [0.29, 0.717) is 25.2 Å². The van der Waals surface area contributed by atoms with Crippen molar-refractivity contribution in [3.8, 4) is 0 Å². The lowest BCUT2D eigenvalue weighted by Crippen LogP contribution is -2.49. The Balaban J connectivity index is 1.78. The Morgan fingerprint density at radius 1 is 1.12 bits per heavy atom. The van der Waals surface area contributed by atoms with E-state index in [1.165, 1.54) is 0 Å². The van der Waals surface area contributed by atoms with E-state index in [0.717, 1.165) is 25.7 Å². The highest BCUT2D eigenvalue weighted by atomic mass is 16.7. The van der Waals surface area contributed by atoms with Gasteiger partial charge in [0.15, 0.2) is 5.78 Å². The van der Waals surface area contributed by atoms with E-state index in [-0.39, 0.29) is 17.9 Å². The Kier molecular flexibility index (Phi) is 2.28. The van der Waals surface area contributed by atoms with Crippen LogP contribution in [0.1, 0.15) is 44.9 Å². The topological polar surface area (TPSA) is 52.6 Å². The molecule has 1 saturated carbocycles. The van der Waals surface area contributed by atoms with Crippen LogP contribution < -0.4 is 0 Å². The molecule has 1 spiro atoms. The van der Waals surface area contributed by atoms with Crippen molar-refractivity contribution in [1.82, 2.24) is 0 Å². The molecule has 0 bridgehead atoms. The number of Topliss-reactive ketones (excluding diaryl/α,β-unsaturated/α-hetero) is 1. The maximum atomic E-state index is 11.8. The number of esters is 1. The molecule has 4 nitrogen and oxygen atoms in total. The van der Waals surface area contributed by atoms with Crippen LogP contribution in [0.3, 0.4) is 0 Å². The lowest BCUT2D eigenvalue weighted by molar-refractivity contribution is -0.261. The van der Waals surface area contributed by atoms with Gasteiger partial charge in [0.2, 0.25) is 5.79 Å². The van der Waals surface area contributed by atoms with E-state index in [2.05, 4.69) is 0 Å². The zero-order chi connectivity index (χ0) is 11.2. The minimum Gasteiger partial charge on any atom is -0.433 e. The van der Waals surface area contributed by atoms with E-state index in [1.54, 1.807) is 0 Å². The first-order valence-corrected chi connectivity index (χ1v) is 6.11. The Labute approximate surface area is 94.3 Å². The standard InChI is InChI=1S/C12H16O4/c13-9-3-1-2-8-4-6-12(16-11(8)9)7-5-10(14)15-12/h8,11H,1-7H2. The summed E-state index contributed by atoms with van der Waals surface area (Å²) in [7, 11) is 0. The molecule has 3 atom stereocenters.